The molecule has 376 valence electrons. The fraction of sp³-hybridized carbons (Fsp3) is 0. The molecular weight excluding hydrogens is 1020 g/mol. The van der Waals surface area contributed by atoms with Crippen molar-refractivity contribution in [3.8, 4) is 11.4 Å². The smallest absolute Gasteiger partial charge is 0.336 e. The zero-order valence-electron chi connectivity index (χ0n) is 38.5. The minimum Gasteiger partial charge on any atom is -0.478 e. The molecule has 0 fully saturated rings. The molecule has 0 saturated carbocycles. The monoisotopic (exact) mass is 1040 g/mol. The number of aromatic carboxylic acids is 8. The van der Waals surface area contributed by atoms with Gasteiger partial charge in [0.1, 0.15) is 0 Å². The van der Waals surface area contributed by atoms with Crippen LogP contribution in [0.3, 0.4) is 0 Å². The van der Waals surface area contributed by atoms with Crippen molar-refractivity contribution in [2.24, 2.45) is 0 Å². The third-order valence-electron chi connectivity index (χ3n) is 14.8. The lowest BCUT2D eigenvalue weighted by Crippen LogP contribution is -2.32. The molecule has 2 aromatic heterocycles. The fourth-order valence-corrected chi connectivity index (χ4v) is 11.9. The third kappa shape index (κ3) is 5.61. The molecule has 0 amide bonds. The molecule has 13 aromatic rings. The maximum atomic E-state index is 15.3. The van der Waals surface area contributed by atoms with Gasteiger partial charge in [-0.3, -0.25) is 19.2 Å². The van der Waals surface area contributed by atoms with Crippen LogP contribution < -0.4 is 22.2 Å². The maximum absolute atomic E-state index is 15.3. The molecule has 8 N–H and O–H groups in total. The van der Waals surface area contributed by atoms with Crippen LogP contribution >= 0.6 is 0 Å². The van der Waals surface area contributed by atoms with E-state index in [4.69, 9.17) is 0 Å². The first-order valence-corrected chi connectivity index (χ1v) is 22.7. The van der Waals surface area contributed by atoms with Crippen molar-refractivity contribution in [3.05, 3.63) is 171 Å². The average Bonchev–Trinajstić information content (AvgIpc) is 3.46. The molecule has 0 spiro atoms. The Kier molecular flexibility index (Phi) is 8.86. The highest BCUT2D eigenvalue weighted by atomic mass is 16.4. The van der Waals surface area contributed by atoms with Gasteiger partial charge < -0.3 is 40.9 Å². The highest BCUT2D eigenvalue weighted by Crippen LogP contribution is 2.56. The number of benzene rings is 11. The van der Waals surface area contributed by atoms with Gasteiger partial charge in [0.05, 0.1) is 55.9 Å². The molecule has 0 unspecified atom stereocenters. The lowest BCUT2D eigenvalue weighted by Gasteiger charge is -2.27. The van der Waals surface area contributed by atoms with Gasteiger partial charge in [-0.1, -0.05) is 0 Å². The normalized spacial score (nSPS) is 12.1. The molecule has 11 aromatic carbocycles. The Labute approximate surface area is 424 Å². The van der Waals surface area contributed by atoms with Crippen molar-refractivity contribution in [1.29, 1.82) is 0 Å². The van der Waals surface area contributed by atoms with E-state index < -0.39 is 147 Å². The molecule has 0 atom stereocenters. The molecule has 78 heavy (non-hydrogen) atoms. The summed E-state index contributed by atoms with van der Waals surface area (Å²) >= 11 is 0. The van der Waals surface area contributed by atoms with E-state index in [0.717, 1.165) is 84.9 Å². The van der Waals surface area contributed by atoms with Crippen LogP contribution in [0.15, 0.2) is 104 Å². The highest BCUT2D eigenvalue weighted by Gasteiger charge is 2.35. The summed E-state index contributed by atoms with van der Waals surface area (Å²) in [5.74, 6) is -13.3. The van der Waals surface area contributed by atoms with Gasteiger partial charge in [0, 0.05) is 64.6 Å². The molecule has 0 bridgehead atoms. The molecular formula is C56H22N2O20. The van der Waals surface area contributed by atoms with E-state index in [1.54, 1.807) is 0 Å². The number of hydrogen-bond donors (Lipinski definition) is 8. The Bertz CT molecular complexity index is 4790. The van der Waals surface area contributed by atoms with Gasteiger partial charge >= 0.3 is 47.8 Å². The predicted molar refractivity (Wildman–Crippen MR) is 277 cm³/mol. The molecule has 0 saturated heterocycles. The number of pyridine rings is 2. The van der Waals surface area contributed by atoms with E-state index in [-0.39, 0.29) is 86.2 Å². The van der Waals surface area contributed by atoms with E-state index in [2.05, 4.69) is 0 Å². The van der Waals surface area contributed by atoms with E-state index in [1.165, 1.54) is 0 Å². The maximum Gasteiger partial charge on any atom is 0.336 e. The second kappa shape index (κ2) is 15.0. The first-order valence-electron chi connectivity index (χ1n) is 22.7. The van der Waals surface area contributed by atoms with E-state index in [1.807, 2.05) is 0 Å². The van der Waals surface area contributed by atoms with Gasteiger partial charge in [-0.2, -0.15) is 0 Å². The summed E-state index contributed by atoms with van der Waals surface area (Å²) in [5, 5.41) is 79.2. The van der Waals surface area contributed by atoms with Gasteiger partial charge in [-0.05, 0) is 128 Å². The predicted octanol–water partition coefficient (Wildman–Crippen LogP) is 7.02. The van der Waals surface area contributed by atoms with Crippen LogP contribution in [0.25, 0.3) is 119 Å². The molecule has 0 aliphatic heterocycles. The van der Waals surface area contributed by atoms with Gasteiger partial charge in [0.2, 0.25) is 0 Å². The number of aromatic nitrogens is 2. The van der Waals surface area contributed by atoms with Crippen LogP contribution in [0.4, 0.5) is 0 Å². The quantitative estimate of drug-likeness (QED) is 0.0504. The number of hydrogen-bond acceptors (Lipinski definition) is 12. The van der Waals surface area contributed by atoms with Crippen molar-refractivity contribution in [2.45, 2.75) is 0 Å². The summed E-state index contributed by atoms with van der Waals surface area (Å²) in [6, 6.07) is 13.4. The number of fused-ring (bicyclic) bond motifs is 6. The summed E-state index contributed by atoms with van der Waals surface area (Å²) in [6.07, 6.45) is 0. The van der Waals surface area contributed by atoms with Crippen molar-refractivity contribution in [1.82, 2.24) is 9.13 Å². The van der Waals surface area contributed by atoms with Gasteiger partial charge in [0.15, 0.2) is 0 Å². The number of nitrogens with zero attached hydrogens (tertiary/aromatic N) is 2. The molecule has 0 aliphatic carbocycles. The summed E-state index contributed by atoms with van der Waals surface area (Å²) in [7, 11) is 0. The first-order chi connectivity index (χ1) is 37.0. The summed E-state index contributed by atoms with van der Waals surface area (Å²) < 4.78 is 0.909. The van der Waals surface area contributed by atoms with Gasteiger partial charge in [0.25, 0.3) is 22.2 Å². The van der Waals surface area contributed by atoms with Crippen LogP contribution in [0.5, 0.6) is 0 Å². The SMILES string of the molecule is O=C(O)c1cc(C(=O)O)cc(-n2c(=O)c3cc4c5c(C(=O)O)ccc(C(=O)O)c5c5cc6c(=O)n(-c7cc(C(=O)O)cc(C(=O)O)c7)c(=O)c7cc8c9c(C(=O)O)ccc(C(=O)O)c9c9cc(c2=O)c3c2c4c5c(c67)c8c92)c1. The van der Waals surface area contributed by atoms with Crippen molar-refractivity contribution in [3.63, 3.8) is 0 Å². The Hall–Kier alpha value is -11.7. The largest absolute Gasteiger partial charge is 0.478 e. The Morgan fingerprint density at radius 2 is 0.462 bits per heavy atom. The van der Waals surface area contributed by atoms with Crippen molar-refractivity contribution < 1.29 is 79.2 Å². The Morgan fingerprint density at radius 1 is 0.244 bits per heavy atom. The van der Waals surface area contributed by atoms with Crippen LogP contribution in [-0.4, -0.2) is 97.7 Å². The third-order valence-corrected chi connectivity index (χ3v) is 14.8. The lowest BCUT2D eigenvalue weighted by molar-refractivity contribution is 0.0676. The zero-order chi connectivity index (χ0) is 55.3. The molecule has 22 heteroatoms. The Morgan fingerprint density at radius 3 is 0.654 bits per heavy atom. The molecule has 2 heterocycles. The minimum absolute atomic E-state index is 0.0334. The van der Waals surface area contributed by atoms with E-state index in [9.17, 15) is 79.2 Å². The number of carbonyl (C=O) groups is 8. The van der Waals surface area contributed by atoms with Crippen LogP contribution in [0.2, 0.25) is 0 Å². The number of carboxylic acids is 8. The number of rotatable bonds is 10. The summed E-state index contributed by atoms with van der Waals surface area (Å²) in [6.45, 7) is 0. The van der Waals surface area contributed by atoms with Crippen LogP contribution in [0, 0.1) is 0 Å². The van der Waals surface area contributed by atoms with Crippen LogP contribution in [-0.2, 0) is 0 Å². The number of carboxylic acid groups (broad SMARTS) is 8. The zero-order valence-corrected chi connectivity index (χ0v) is 38.5. The van der Waals surface area contributed by atoms with Gasteiger partial charge in [-0.25, -0.2) is 47.5 Å². The molecule has 0 radical (unpaired) electrons. The second-order valence-corrected chi connectivity index (χ2v) is 18.6. The first kappa shape index (κ1) is 46.1. The second-order valence-electron chi connectivity index (χ2n) is 18.6. The van der Waals surface area contributed by atoms with Crippen molar-refractivity contribution >= 4 is 155 Å². The topological polar surface area (TPSA) is 377 Å². The van der Waals surface area contributed by atoms with E-state index in [0.29, 0.717) is 9.13 Å². The highest BCUT2D eigenvalue weighted by molar-refractivity contribution is 6.56. The molecule has 22 nitrogen and oxygen atoms in total. The standard InChI is InChI=1S/C56H22N2O20/c59-45-29-11-25-33-21(53(71)72)1-2-22(54(73)74)34(33)26-12-30-38-32(48(62)58(46(30)60)20-9-17(51(67)68)6-18(10-20)52(69)70)14-28-36-24(56(77)78)4-3-23(55(75)76)35(36)27-13-31(37(29)43-39(25)40(26)44(38)42(28)41(27)43)47(61)57(45)19-7-15(49(63)64)5-16(8-19)50(65)66/h1-14H,(H,63,64)(H,65,66)(H,67,68)(H,69,70)(H,71,72)(H,73,74)(H,75,76)(H,77,78). The fourth-order valence-electron chi connectivity index (χ4n) is 11.9. The van der Waals surface area contributed by atoms with E-state index >= 15 is 19.2 Å². The van der Waals surface area contributed by atoms with Gasteiger partial charge in [-0.15, -0.1) is 0 Å². The Balaban J connectivity index is 1.42. The summed E-state index contributed by atoms with van der Waals surface area (Å²) in [5.41, 5.74) is -11.1. The van der Waals surface area contributed by atoms with Crippen LogP contribution in [0.1, 0.15) is 82.9 Å². The molecule has 13 rings (SSSR count). The minimum atomic E-state index is -1.66. The lowest BCUT2D eigenvalue weighted by atomic mass is 9.75. The molecule has 0 aliphatic rings. The average molecular weight is 1040 g/mol. The van der Waals surface area contributed by atoms with Crippen molar-refractivity contribution in [2.75, 3.05) is 0 Å². The summed E-state index contributed by atoms with van der Waals surface area (Å²) in [4.78, 5) is 165.